The summed E-state index contributed by atoms with van der Waals surface area (Å²) >= 11 is 0. The lowest BCUT2D eigenvalue weighted by atomic mass is 9.46. The topological polar surface area (TPSA) is 50.4 Å². The first-order valence-corrected chi connectivity index (χ1v) is 7.42. The van der Waals surface area contributed by atoms with E-state index in [1.165, 1.54) is 19.3 Å². The van der Waals surface area contributed by atoms with Crippen molar-refractivity contribution in [2.24, 2.45) is 23.2 Å². The van der Waals surface area contributed by atoms with Crippen LogP contribution in [-0.4, -0.2) is 11.1 Å². The van der Waals surface area contributed by atoms with Gasteiger partial charge in [-0.2, -0.15) is 0 Å². The van der Waals surface area contributed by atoms with Crippen LogP contribution in [0.5, 0.6) is 0 Å². The van der Waals surface area contributed by atoms with Gasteiger partial charge in [0, 0.05) is 0 Å². The molecule has 0 spiro atoms. The summed E-state index contributed by atoms with van der Waals surface area (Å²) in [5.41, 5.74) is -0.0293. The Hall–Kier alpha value is -1.25. The van der Waals surface area contributed by atoms with Crippen molar-refractivity contribution in [2.45, 2.75) is 44.4 Å². The van der Waals surface area contributed by atoms with Crippen molar-refractivity contribution in [3.8, 4) is 0 Å². The minimum atomic E-state index is -0.697. The van der Waals surface area contributed by atoms with E-state index in [0.717, 1.165) is 37.0 Å². The molecule has 1 aromatic heterocycles. The van der Waals surface area contributed by atoms with E-state index < -0.39 is 11.9 Å². The van der Waals surface area contributed by atoms with Crippen molar-refractivity contribution in [2.75, 3.05) is 0 Å². The Morgan fingerprint density at radius 3 is 2.21 bits per heavy atom. The van der Waals surface area contributed by atoms with Gasteiger partial charge in [-0.1, -0.05) is 0 Å². The summed E-state index contributed by atoms with van der Waals surface area (Å²) in [6, 6.07) is 3.66. The number of carboxylic acid groups (broad SMARTS) is 1. The molecule has 5 rings (SSSR count). The molecule has 1 atom stereocenters. The number of aliphatic carboxylic acids is 1. The highest BCUT2D eigenvalue weighted by Gasteiger charge is 2.57. The Morgan fingerprint density at radius 1 is 1.21 bits per heavy atom. The Balaban J connectivity index is 1.75. The molecule has 4 saturated carbocycles. The molecule has 4 aliphatic rings. The Labute approximate surface area is 113 Å². The standard InChI is InChI=1S/C16H20O3/c17-15(18)14(13-2-1-3-19-13)16-7-10-4-11(8-16)6-12(5-10)9-16/h1-3,10-12,14H,4-9H2,(H,17,18). The predicted molar refractivity (Wildman–Crippen MR) is 69.7 cm³/mol. The van der Waals surface area contributed by atoms with Gasteiger partial charge in [0.1, 0.15) is 11.7 Å². The van der Waals surface area contributed by atoms with Crippen molar-refractivity contribution in [1.29, 1.82) is 0 Å². The quantitative estimate of drug-likeness (QED) is 0.902. The second kappa shape index (κ2) is 3.87. The van der Waals surface area contributed by atoms with Gasteiger partial charge in [0.2, 0.25) is 0 Å². The zero-order valence-electron chi connectivity index (χ0n) is 11.0. The van der Waals surface area contributed by atoms with E-state index in [4.69, 9.17) is 4.42 Å². The van der Waals surface area contributed by atoms with Gasteiger partial charge in [-0.25, -0.2) is 0 Å². The first-order chi connectivity index (χ1) is 9.16. The summed E-state index contributed by atoms with van der Waals surface area (Å²) in [4.78, 5) is 11.9. The lowest BCUT2D eigenvalue weighted by molar-refractivity contribution is -0.151. The van der Waals surface area contributed by atoms with Crippen LogP contribution in [0.25, 0.3) is 0 Å². The molecule has 0 aliphatic heterocycles. The number of carbonyl (C=O) groups is 1. The minimum Gasteiger partial charge on any atom is -0.481 e. The van der Waals surface area contributed by atoms with Crippen LogP contribution in [0.1, 0.15) is 50.2 Å². The molecule has 3 heteroatoms. The molecule has 0 saturated heterocycles. The van der Waals surface area contributed by atoms with Gasteiger partial charge in [-0.3, -0.25) is 4.79 Å². The monoisotopic (exact) mass is 260 g/mol. The summed E-state index contributed by atoms with van der Waals surface area (Å²) in [6.45, 7) is 0. The average molecular weight is 260 g/mol. The summed E-state index contributed by atoms with van der Waals surface area (Å²) in [7, 11) is 0. The fraction of sp³-hybridized carbons (Fsp3) is 0.688. The van der Waals surface area contributed by atoms with Gasteiger partial charge in [0.15, 0.2) is 0 Å². The Kier molecular flexibility index (Phi) is 2.36. The van der Waals surface area contributed by atoms with Crippen LogP contribution < -0.4 is 0 Å². The molecule has 1 aromatic rings. The smallest absolute Gasteiger partial charge is 0.314 e. The third kappa shape index (κ3) is 1.67. The van der Waals surface area contributed by atoms with E-state index in [9.17, 15) is 9.90 Å². The lowest BCUT2D eigenvalue weighted by Crippen LogP contribution is -2.50. The van der Waals surface area contributed by atoms with Gasteiger partial charge >= 0.3 is 5.97 Å². The minimum absolute atomic E-state index is 0.0293. The molecule has 1 N–H and O–H groups in total. The van der Waals surface area contributed by atoms with E-state index in [2.05, 4.69) is 0 Å². The average Bonchev–Trinajstić information content (AvgIpc) is 2.79. The first kappa shape index (κ1) is 11.6. The maximum atomic E-state index is 11.9. The molecule has 1 unspecified atom stereocenters. The summed E-state index contributed by atoms with van der Waals surface area (Å²) in [5.74, 6) is 1.83. The molecule has 0 amide bonds. The number of rotatable bonds is 3. The summed E-state index contributed by atoms with van der Waals surface area (Å²) in [5, 5.41) is 9.75. The highest BCUT2D eigenvalue weighted by atomic mass is 16.4. The number of hydrogen-bond donors (Lipinski definition) is 1. The molecule has 4 fully saturated rings. The van der Waals surface area contributed by atoms with Gasteiger partial charge in [-0.05, 0) is 73.8 Å². The molecule has 3 nitrogen and oxygen atoms in total. The van der Waals surface area contributed by atoms with E-state index in [1.54, 1.807) is 6.26 Å². The third-order valence-corrected chi connectivity index (χ3v) is 5.77. The maximum absolute atomic E-state index is 11.9. The SMILES string of the molecule is O=C(O)C(c1ccco1)C12CC3CC(CC(C3)C1)C2. The molecule has 4 aliphatic carbocycles. The van der Waals surface area contributed by atoms with Crippen LogP contribution in [0.2, 0.25) is 0 Å². The van der Waals surface area contributed by atoms with Crippen LogP contribution in [0.3, 0.4) is 0 Å². The van der Waals surface area contributed by atoms with Crippen molar-refractivity contribution < 1.29 is 14.3 Å². The maximum Gasteiger partial charge on any atom is 0.314 e. The van der Waals surface area contributed by atoms with Crippen molar-refractivity contribution >= 4 is 5.97 Å². The van der Waals surface area contributed by atoms with Crippen molar-refractivity contribution in [3.05, 3.63) is 24.2 Å². The lowest BCUT2D eigenvalue weighted by Gasteiger charge is -2.58. The van der Waals surface area contributed by atoms with Crippen molar-refractivity contribution in [1.82, 2.24) is 0 Å². The molecular weight excluding hydrogens is 240 g/mol. The van der Waals surface area contributed by atoms with Crippen molar-refractivity contribution in [3.63, 3.8) is 0 Å². The second-order valence-corrected chi connectivity index (χ2v) is 7.07. The fourth-order valence-corrected chi connectivity index (χ4v) is 5.67. The molecule has 0 radical (unpaired) electrons. The van der Waals surface area contributed by atoms with Gasteiger partial charge < -0.3 is 9.52 Å². The molecule has 0 aromatic carbocycles. The largest absolute Gasteiger partial charge is 0.481 e. The van der Waals surface area contributed by atoms with Gasteiger partial charge in [0.25, 0.3) is 0 Å². The normalized spacial score (nSPS) is 41.4. The fourth-order valence-electron chi connectivity index (χ4n) is 5.67. The number of furan rings is 1. The zero-order valence-corrected chi connectivity index (χ0v) is 11.0. The van der Waals surface area contributed by atoms with Crippen LogP contribution in [-0.2, 0) is 4.79 Å². The molecule has 19 heavy (non-hydrogen) atoms. The molecule has 4 bridgehead atoms. The Morgan fingerprint density at radius 2 is 1.79 bits per heavy atom. The van der Waals surface area contributed by atoms with Crippen LogP contribution >= 0.6 is 0 Å². The van der Waals surface area contributed by atoms with Crippen LogP contribution in [0.15, 0.2) is 22.8 Å². The van der Waals surface area contributed by atoms with Crippen LogP contribution in [0, 0.1) is 23.2 Å². The molecule has 1 heterocycles. The predicted octanol–water partition coefficient (Wildman–Crippen LogP) is 3.66. The van der Waals surface area contributed by atoms with Crippen LogP contribution in [0.4, 0.5) is 0 Å². The third-order valence-electron chi connectivity index (χ3n) is 5.77. The zero-order chi connectivity index (χ0) is 13.0. The van der Waals surface area contributed by atoms with Gasteiger partial charge in [0.05, 0.1) is 6.26 Å². The second-order valence-electron chi connectivity index (χ2n) is 7.07. The highest BCUT2D eigenvalue weighted by Crippen LogP contribution is 2.64. The Bertz CT molecular complexity index is 453. The molecule has 102 valence electrons. The van der Waals surface area contributed by atoms with E-state index in [-0.39, 0.29) is 5.41 Å². The van der Waals surface area contributed by atoms with Gasteiger partial charge in [-0.15, -0.1) is 0 Å². The van der Waals surface area contributed by atoms with E-state index in [0.29, 0.717) is 5.76 Å². The number of hydrogen-bond acceptors (Lipinski definition) is 2. The summed E-state index contributed by atoms with van der Waals surface area (Å²) in [6.07, 6.45) is 8.90. The first-order valence-electron chi connectivity index (χ1n) is 7.42. The number of carboxylic acids is 1. The summed E-state index contributed by atoms with van der Waals surface area (Å²) < 4.78 is 5.47. The highest BCUT2D eigenvalue weighted by molar-refractivity contribution is 5.76. The molecular formula is C16H20O3. The van der Waals surface area contributed by atoms with E-state index in [1.807, 2.05) is 12.1 Å². The van der Waals surface area contributed by atoms with E-state index >= 15 is 0 Å².